The highest BCUT2D eigenvalue weighted by atomic mass is 32.1. The molecule has 1 saturated carbocycles. The second-order valence-corrected chi connectivity index (χ2v) is 4.89. The molecule has 1 aliphatic rings. The number of nitrogens with zero attached hydrogens (tertiary/aromatic N) is 1. The van der Waals surface area contributed by atoms with E-state index in [1.165, 1.54) is 0 Å². The van der Waals surface area contributed by atoms with Crippen molar-refractivity contribution in [1.29, 1.82) is 0 Å². The summed E-state index contributed by atoms with van der Waals surface area (Å²) in [7, 11) is 0. The van der Waals surface area contributed by atoms with E-state index in [-0.39, 0.29) is 16.9 Å². The van der Waals surface area contributed by atoms with Crippen LogP contribution in [0.1, 0.15) is 25.5 Å². The zero-order chi connectivity index (χ0) is 13.1. The van der Waals surface area contributed by atoms with Crippen molar-refractivity contribution in [2.75, 3.05) is 5.32 Å². The number of carbonyl (C=O) groups is 1. The zero-order valence-electron chi connectivity index (χ0n) is 10.1. The minimum Gasteiger partial charge on any atom is -0.388 e. The summed E-state index contributed by atoms with van der Waals surface area (Å²) in [5, 5.41) is 6.02. The molecule has 96 valence electrons. The number of nitrogens with two attached hydrogens (primary N) is 1. The Labute approximate surface area is 111 Å². The summed E-state index contributed by atoms with van der Waals surface area (Å²) in [5.74, 6) is 0.0101. The van der Waals surface area contributed by atoms with Crippen LogP contribution in [-0.2, 0) is 4.79 Å². The quantitative estimate of drug-likeness (QED) is 0.685. The highest BCUT2D eigenvalue weighted by Gasteiger charge is 2.25. The molecule has 0 bridgehead atoms. The van der Waals surface area contributed by atoms with Crippen molar-refractivity contribution < 1.29 is 4.79 Å². The number of amides is 1. The molecule has 1 fully saturated rings. The monoisotopic (exact) mass is 264 g/mol. The first kappa shape index (κ1) is 12.8. The van der Waals surface area contributed by atoms with Crippen LogP contribution in [0.5, 0.6) is 0 Å². The Kier molecular flexibility index (Phi) is 3.76. The van der Waals surface area contributed by atoms with Crippen LogP contribution in [0, 0.1) is 0 Å². The number of anilines is 1. The third-order valence-corrected chi connectivity index (χ3v) is 2.93. The van der Waals surface area contributed by atoms with E-state index in [1.807, 2.05) is 13.0 Å². The van der Waals surface area contributed by atoms with Crippen LogP contribution in [0.2, 0.25) is 0 Å². The fourth-order valence-corrected chi connectivity index (χ4v) is 1.62. The van der Waals surface area contributed by atoms with Crippen molar-refractivity contribution >= 4 is 28.8 Å². The van der Waals surface area contributed by atoms with Crippen LogP contribution in [-0.4, -0.2) is 28.0 Å². The average molecular weight is 264 g/mol. The van der Waals surface area contributed by atoms with Gasteiger partial charge in [-0.3, -0.25) is 9.78 Å². The van der Waals surface area contributed by atoms with E-state index < -0.39 is 0 Å². The summed E-state index contributed by atoms with van der Waals surface area (Å²) in [5.41, 5.74) is 6.81. The molecule has 1 heterocycles. The molecular weight excluding hydrogens is 248 g/mol. The summed E-state index contributed by atoms with van der Waals surface area (Å²) in [6.45, 7) is 1.82. The SMILES string of the molecule is CC(Nc1ccc(C(N)=S)nc1)C(=O)NC1CC1. The molecule has 0 aliphatic heterocycles. The molecule has 0 aromatic carbocycles. The maximum Gasteiger partial charge on any atom is 0.242 e. The van der Waals surface area contributed by atoms with E-state index in [0.717, 1.165) is 18.5 Å². The smallest absolute Gasteiger partial charge is 0.242 e. The summed E-state index contributed by atoms with van der Waals surface area (Å²) >= 11 is 4.82. The lowest BCUT2D eigenvalue weighted by Crippen LogP contribution is -2.38. The van der Waals surface area contributed by atoms with Gasteiger partial charge in [0.15, 0.2) is 0 Å². The van der Waals surface area contributed by atoms with Gasteiger partial charge in [-0.05, 0) is 31.9 Å². The molecule has 0 radical (unpaired) electrons. The molecule has 0 saturated heterocycles. The number of hydrogen-bond donors (Lipinski definition) is 3. The number of nitrogens with one attached hydrogen (secondary N) is 2. The van der Waals surface area contributed by atoms with Gasteiger partial charge in [0, 0.05) is 6.04 Å². The first-order valence-electron chi connectivity index (χ1n) is 5.89. The Balaban J connectivity index is 1.91. The van der Waals surface area contributed by atoms with Gasteiger partial charge in [0.25, 0.3) is 0 Å². The van der Waals surface area contributed by atoms with Crippen molar-refractivity contribution in [3.05, 3.63) is 24.0 Å². The van der Waals surface area contributed by atoms with Crippen LogP contribution >= 0.6 is 12.2 Å². The average Bonchev–Trinajstić information content (AvgIpc) is 3.13. The molecule has 1 aromatic heterocycles. The third-order valence-electron chi connectivity index (χ3n) is 2.72. The lowest BCUT2D eigenvalue weighted by atomic mass is 10.2. The summed E-state index contributed by atoms with van der Waals surface area (Å²) < 4.78 is 0. The number of aromatic nitrogens is 1. The van der Waals surface area contributed by atoms with Crippen LogP contribution < -0.4 is 16.4 Å². The van der Waals surface area contributed by atoms with Gasteiger partial charge in [-0.25, -0.2) is 0 Å². The Bertz CT molecular complexity index is 456. The van der Waals surface area contributed by atoms with Crippen molar-refractivity contribution in [2.24, 2.45) is 5.73 Å². The molecule has 6 heteroatoms. The van der Waals surface area contributed by atoms with Crippen LogP contribution in [0.4, 0.5) is 5.69 Å². The van der Waals surface area contributed by atoms with Crippen molar-refractivity contribution in [2.45, 2.75) is 31.8 Å². The van der Waals surface area contributed by atoms with Crippen molar-refractivity contribution in [3.8, 4) is 0 Å². The maximum atomic E-state index is 11.7. The molecule has 2 rings (SSSR count). The molecule has 1 aliphatic carbocycles. The molecule has 18 heavy (non-hydrogen) atoms. The summed E-state index contributed by atoms with van der Waals surface area (Å²) in [4.78, 5) is 16.1. The first-order chi connectivity index (χ1) is 8.56. The largest absolute Gasteiger partial charge is 0.388 e. The van der Waals surface area contributed by atoms with E-state index in [4.69, 9.17) is 18.0 Å². The standard InChI is InChI=1S/C12H16N4OS/c1-7(12(17)16-8-2-3-8)15-9-4-5-10(11(13)18)14-6-9/h4-8,15H,2-3H2,1H3,(H2,13,18)(H,16,17). The van der Waals surface area contributed by atoms with E-state index >= 15 is 0 Å². The van der Waals surface area contributed by atoms with Crippen LogP contribution in [0.3, 0.4) is 0 Å². The topological polar surface area (TPSA) is 80.0 Å². The minimum atomic E-state index is -0.289. The molecule has 0 spiro atoms. The van der Waals surface area contributed by atoms with Crippen molar-refractivity contribution in [3.63, 3.8) is 0 Å². The number of thiocarbonyl (C=S) groups is 1. The number of carbonyl (C=O) groups excluding carboxylic acids is 1. The molecule has 5 nitrogen and oxygen atoms in total. The fraction of sp³-hybridized carbons (Fsp3) is 0.417. The molecule has 4 N–H and O–H groups in total. The van der Waals surface area contributed by atoms with E-state index in [9.17, 15) is 4.79 Å². The van der Waals surface area contributed by atoms with Gasteiger partial charge in [0.1, 0.15) is 11.0 Å². The van der Waals surface area contributed by atoms with Gasteiger partial charge < -0.3 is 16.4 Å². The minimum absolute atomic E-state index is 0.0101. The Morgan fingerprint density at radius 2 is 2.28 bits per heavy atom. The summed E-state index contributed by atoms with van der Waals surface area (Å²) in [6.07, 6.45) is 3.79. The molecule has 1 unspecified atom stereocenters. The van der Waals surface area contributed by atoms with E-state index in [0.29, 0.717) is 11.7 Å². The lowest BCUT2D eigenvalue weighted by Gasteiger charge is -2.14. The second-order valence-electron chi connectivity index (χ2n) is 4.45. The van der Waals surface area contributed by atoms with Gasteiger partial charge in [0.05, 0.1) is 17.6 Å². The van der Waals surface area contributed by atoms with Gasteiger partial charge in [-0.2, -0.15) is 0 Å². The normalized spacial score (nSPS) is 15.8. The number of rotatable bonds is 5. The lowest BCUT2D eigenvalue weighted by molar-refractivity contribution is -0.121. The van der Waals surface area contributed by atoms with E-state index in [1.54, 1.807) is 12.3 Å². The van der Waals surface area contributed by atoms with E-state index in [2.05, 4.69) is 15.6 Å². The molecular formula is C12H16N4OS. The predicted octanol–water partition coefficient (Wildman–Crippen LogP) is 0.795. The van der Waals surface area contributed by atoms with Gasteiger partial charge >= 0.3 is 0 Å². The van der Waals surface area contributed by atoms with Crippen molar-refractivity contribution in [1.82, 2.24) is 10.3 Å². The third kappa shape index (κ3) is 3.40. The zero-order valence-corrected chi connectivity index (χ0v) is 11.0. The summed E-state index contributed by atoms with van der Waals surface area (Å²) in [6, 6.07) is 3.62. The molecule has 1 aromatic rings. The highest BCUT2D eigenvalue weighted by Crippen LogP contribution is 2.19. The number of hydrogen-bond acceptors (Lipinski definition) is 4. The Morgan fingerprint density at radius 3 is 2.78 bits per heavy atom. The van der Waals surface area contributed by atoms with Gasteiger partial charge in [0.2, 0.25) is 5.91 Å². The highest BCUT2D eigenvalue weighted by molar-refractivity contribution is 7.80. The van der Waals surface area contributed by atoms with Crippen LogP contribution in [0.25, 0.3) is 0 Å². The predicted molar refractivity (Wildman–Crippen MR) is 74.4 cm³/mol. The van der Waals surface area contributed by atoms with Gasteiger partial charge in [-0.1, -0.05) is 12.2 Å². The fourth-order valence-electron chi connectivity index (χ4n) is 1.49. The maximum absolute atomic E-state index is 11.7. The number of pyridine rings is 1. The van der Waals surface area contributed by atoms with Gasteiger partial charge in [-0.15, -0.1) is 0 Å². The molecule has 1 atom stereocenters. The second kappa shape index (κ2) is 5.30. The first-order valence-corrected chi connectivity index (χ1v) is 6.30. The molecule has 1 amide bonds. The Hall–Kier alpha value is -1.69. The Morgan fingerprint density at radius 1 is 1.56 bits per heavy atom. The van der Waals surface area contributed by atoms with Crippen LogP contribution in [0.15, 0.2) is 18.3 Å².